The minimum atomic E-state index is -0.0474. The molecule has 0 spiro atoms. The first-order chi connectivity index (χ1) is 15.1. The second kappa shape index (κ2) is 9.39. The minimum absolute atomic E-state index is 0.0380. The van der Waals surface area contributed by atoms with Crippen LogP contribution in [0.25, 0.3) is 10.6 Å². The lowest BCUT2D eigenvalue weighted by Crippen LogP contribution is -2.31. The zero-order chi connectivity index (χ0) is 21.8. The Hall–Kier alpha value is -3.06. The van der Waals surface area contributed by atoms with E-state index in [0.29, 0.717) is 18.8 Å². The number of rotatable bonds is 7. The number of nitrogens with zero attached hydrogens (tertiary/aromatic N) is 2. The van der Waals surface area contributed by atoms with E-state index in [1.807, 2.05) is 59.7 Å². The highest BCUT2D eigenvalue weighted by atomic mass is 32.1. The molecule has 1 aromatic heterocycles. The van der Waals surface area contributed by atoms with Gasteiger partial charge in [0.2, 0.25) is 0 Å². The van der Waals surface area contributed by atoms with Crippen LogP contribution in [0.15, 0.2) is 47.8 Å². The third kappa shape index (κ3) is 4.37. The number of carbonyl (C=O) groups is 1. The van der Waals surface area contributed by atoms with E-state index in [-0.39, 0.29) is 11.9 Å². The summed E-state index contributed by atoms with van der Waals surface area (Å²) in [6.07, 6.45) is 1.84. The molecule has 3 aromatic rings. The Morgan fingerprint density at radius 1 is 1.13 bits per heavy atom. The number of benzene rings is 2. The van der Waals surface area contributed by atoms with Gasteiger partial charge in [-0.15, -0.1) is 11.3 Å². The van der Waals surface area contributed by atoms with Crippen molar-refractivity contribution in [1.82, 2.24) is 9.88 Å². The first-order valence-electron chi connectivity index (χ1n) is 10.4. The van der Waals surface area contributed by atoms with Crippen molar-refractivity contribution in [2.75, 3.05) is 27.4 Å². The molecule has 1 aliphatic rings. The van der Waals surface area contributed by atoms with Gasteiger partial charge >= 0.3 is 0 Å². The summed E-state index contributed by atoms with van der Waals surface area (Å²) >= 11 is 1.48. The van der Waals surface area contributed by atoms with Gasteiger partial charge in [-0.1, -0.05) is 0 Å². The number of methoxy groups -OCH3 is 2. The third-order valence-electron chi connectivity index (χ3n) is 5.45. The van der Waals surface area contributed by atoms with Crippen LogP contribution in [0, 0.1) is 0 Å². The van der Waals surface area contributed by atoms with E-state index in [1.54, 1.807) is 14.2 Å². The topological polar surface area (TPSA) is 60.9 Å². The molecule has 1 aliphatic heterocycles. The van der Waals surface area contributed by atoms with Crippen molar-refractivity contribution < 1.29 is 19.0 Å². The molecule has 1 unspecified atom stereocenters. The molecule has 1 fully saturated rings. The van der Waals surface area contributed by atoms with Gasteiger partial charge in [0.15, 0.2) is 0 Å². The van der Waals surface area contributed by atoms with Crippen molar-refractivity contribution in [3.8, 4) is 27.8 Å². The number of likely N-dealkylation sites (tertiary alicyclic amines) is 1. The number of aromatic nitrogens is 1. The number of hydrogen-bond acceptors (Lipinski definition) is 6. The van der Waals surface area contributed by atoms with Crippen LogP contribution < -0.4 is 14.2 Å². The fourth-order valence-electron chi connectivity index (χ4n) is 3.94. The van der Waals surface area contributed by atoms with Gasteiger partial charge in [-0.3, -0.25) is 4.79 Å². The van der Waals surface area contributed by atoms with Crippen molar-refractivity contribution in [3.05, 3.63) is 59.1 Å². The van der Waals surface area contributed by atoms with Crippen LogP contribution in [0.4, 0.5) is 0 Å². The van der Waals surface area contributed by atoms with E-state index in [1.165, 1.54) is 11.3 Å². The summed E-state index contributed by atoms with van der Waals surface area (Å²) in [5, 5.41) is 2.67. The number of ether oxygens (including phenoxy) is 3. The summed E-state index contributed by atoms with van der Waals surface area (Å²) in [5.41, 5.74) is 2.45. The van der Waals surface area contributed by atoms with Gasteiger partial charge in [-0.05, 0) is 56.2 Å². The van der Waals surface area contributed by atoms with Crippen molar-refractivity contribution in [2.24, 2.45) is 0 Å². The Morgan fingerprint density at radius 3 is 2.61 bits per heavy atom. The van der Waals surface area contributed by atoms with Crippen LogP contribution in [0.3, 0.4) is 0 Å². The average molecular weight is 439 g/mol. The van der Waals surface area contributed by atoms with Crippen LogP contribution in [-0.4, -0.2) is 43.2 Å². The van der Waals surface area contributed by atoms with Crippen molar-refractivity contribution >= 4 is 17.2 Å². The zero-order valence-corrected chi connectivity index (χ0v) is 18.8. The fraction of sp³-hybridized carbons (Fsp3) is 0.333. The summed E-state index contributed by atoms with van der Waals surface area (Å²) in [5.74, 6) is 2.25. The van der Waals surface area contributed by atoms with Gasteiger partial charge < -0.3 is 19.1 Å². The molecular weight excluding hydrogens is 412 g/mol. The largest absolute Gasteiger partial charge is 0.497 e. The molecule has 162 valence electrons. The van der Waals surface area contributed by atoms with Crippen LogP contribution >= 0.6 is 11.3 Å². The molecule has 4 rings (SSSR count). The summed E-state index contributed by atoms with van der Waals surface area (Å²) < 4.78 is 16.4. The lowest BCUT2D eigenvalue weighted by Gasteiger charge is -2.26. The maximum absolute atomic E-state index is 13.3. The monoisotopic (exact) mass is 438 g/mol. The highest BCUT2D eigenvalue weighted by Crippen LogP contribution is 2.39. The van der Waals surface area contributed by atoms with E-state index < -0.39 is 0 Å². The van der Waals surface area contributed by atoms with Gasteiger partial charge in [0.25, 0.3) is 5.91 Å². The Kier molecular flexibility index (Phi) is 6.42. The highest BCUT2D eigenvalue weighted by molar-refractivity contribution is 7.13. The average Bonchev–Trinajstić information content (AvgIpc) is 3.49. The van der Waals surface area contributed by atoms with Crippen LogP contribution in [0.2, 0.25) is 0 Å². The second-order valence-corrected chi connectivity index (χ2v) is 8.12. The maximum atomic E-state index is 13.3. The lowest BCUT2D eigenvalue weighted by molar-refractivity contribution is 0.0729. The molecule has 2 aromatic carbocycles. The van der Waals surface area contributed by atoms with Crippen molar-refractivity contribution in [1.29, 1.82) is 0 Å². The zero-order valence-electron chi connectivity index (χ0n) is 18.0. The number of hydrogen-bond donors (Lipinski definition) is 0. The fourth-order valence-corrected chi connectivity index (χ4v) is 4.74. The molecule has 0 N–H and O–H groups in total. The first-order valence-corrected chi connectivity index (χ1v) is 11.2. The van der Waals surface area contributed by atoms with Crippen molar-refractivity contribution in [2.45, 2.75) is 25.8 Å². The van der Waals surface area contributed by atoms with E-state index in [9.17, 15) is 4.79 Å². The van der Waals surface area contributed by atoms with Crippen LogP contribution in [0.1, 0.15) is 41.9 Å². The Balaban J connectivity index is 1.55. The molecule has 7 heteroatoms. The number of amides is 1. The molecule has 1 amide bonds. The molecular formula is C24H26N2O4S. The minimum Gasteiger partial charge on any atom is -0.497 e. The molecule has 0 saturated carbocycles. The van der Waals surface area contributed by atoms with Gasteiger partial charge in [0.05, 0.1) is 26.9 Å². The smallest absolute Gasteiger partial charge is 0.273 e. The number of carbonyl (C=O) groups excluding carboxylic acids is 1. The summed E-state index contributed by atoms with van der Waals surface area (Å²) in [7, 11) is 3.27. The molecule has 0 bridgehead atoms. The lowest BCUT2D eigenvalue weighted by atomic mass is 10.0. The molecule has 0 radical (unpaired) electrons. The van der Waals surface area contributed by atoms with Gasteiger partial charge in [-0.2, -0.15) is 0 Å². The standard InChI is InChI=1S/C24H26N2O4S/c1-4-30-17-9-7-16(8-10-17)23-25-20(15-31-23)24(27)26-13-5-6-21(26)19-12-11-18(28-2)14-22(19)29-3/h7-12,14-15,21H,4-6,13H2,1-3H3. The first kappa shape index (κ1) is 21.2. The predicted octanol–water partition coefficient (Wildman–Crippen LogP) is 5.20. The highest BCUT2D eigenvalue weighted by Gasteiger charge is 2.33. The van der Waals surface area contributed by atoms with Gasteiger partial charge in [0.1, 0.15) is 28.0 Å². The summed E-state index contributed by atoms with van der Waals surface area (Å²) in [4.78, 5) is 19.9. The molecule has 6 nitrogen and oxygen atoms in total. The van der Waals surface area contributed by atoms with Gasteiger partial charge in [-0.25, -0.2) is 4.98 Å². The Labute approximate surface area is 186 Å². The molecule has 1 atom stereocenters. The van der Waals surface area contributed by atoms with E-state index in [2.05, 4.69) is 4.98 Å². The predicted molar refractivity (Wildman–Crippen MR) is 121 cm³/mol. The number of thiazole rings is 1. The van der Waals surface area contributed by atoms with E-state index in [0.717, 1.165) is 46.2 Å². The maximum Gasteiger partial charge on any atom is 0.273 e. The second-order valence-electron chi connectivity index (χ2n) is 7.26. The SMILES string of the molecule is CCOc1ccc(-c2nc(C(=O)N3CCCC3c3ccc(OC)cc3OC)cs2)cc1. The normalized spacial score (nSPS) is 15.7. The Bertz CT molecular complexity index is 1050. The molecule has 1 saturated heterocycles. The molecule has 0 aliphatic carbocycles. The quantitative estimate of drug-likeness (QED) is 0.507. The van der Waals surface area contributed by atoms with Gasteiger partial charge in [0, 0.05) is 29.1 Å². The molecule has 2 heterocycles. The Morgan fingerprint density at radius 2 is 1.90 bits per heavy atom. The third-order valence-corrected chi connectivity index (χ3v) is 6.34. The van der Waals surface area contributed by atoms with Crippen molar-refractivity contribution in [3.63, 3.8) is 0 Å². The van der Waals surface area contributed by atoms with E-state index in [4.69, 9.17) is 14.2 Å². The van der Waals surface area contributed by atoms with Crippen LogP contribution in [0.5, 0.6) is 17.2 Å². The molecule has 31 heavy (non-hydrogen) atoms. The summed E-state index contributed by atoms with van der Waals surface area (Å²) in [6, 6.07) is 13.5. The van der Waals surface area contributed by atoms with E-state index >= 15 is 0 Å². The summed E-state index contributed by atoms with van der Waals surface area (Å²) in [6.45, 7) is 3.29. The van der Waals surface area contributed by atoms with Crippen LogP contribution in [-0.2, 0) is 0 Å².